The third-order valence-corrected chi connectivity index (χ3v) is 4.90. The molecule has 3 nitrogen and oxygen atoms in total. The van der Waals surface area contributed by atoms with Crippen LogP contribution in [0.1, 0.15) is 37.9 Å². The zero-order valence-corrected chi connectivity index (χ0v) is 14.4. The van der Waals surface area contributed by atoms with E-state index in [1.807, 2.05) is 30.3 Å². The summed E-state index contributed by atoms with van der Waals surface area (Å²) in [4.78, 5) is 2.46. The van der Waals surface area contributed by atoms with Crippen molar-refractivity contribution >= 4 is 5.69 Å². The highest BCUT2D eigenvalue weighted by molar-refractivity contribution is 5.46. The fourth-order valence-electron chi connectivity index (χ4n) is 3.56. The lowest BCUT2D eigenvalue weighted by Gasteiger charge is -2.35. The predicted molar refractivity (Wildman–Crippen MR) is 100 cm³/mol. The lowest BCUT2D eigenvalue weighted by Crippen LogP contribution is -2.45. The molecule has 2 unspecified atom stereocenters. The molecule has 2 N–H and O–H groups in total. The Bertz CT molecular complexity index is 594. The molecule has 3 heteroatoms. The van der Waals surface area contributed by atoms with Gasteiger partial charge < -0.3 is 15.3 Å². The van der Waals surface area contributed by atoms with Crippen molar-refractivity contribution in [1.82, 2.24) is 5.32 Å². The summed E-state index contributed by atoms with van der Waals surface area (Å²) in [7, 11) is 0. The van der Waals surface area contributed by atoms with Crippen molar-refractivity contribution < 1.29 is 5.11 Å². The second-order valence-corrected chi connectivity index (χ2v) is 6.83. The van der Waals surface area contributed by atoms with Crippen LogP contribution in [0.3, 0.4) is 0 Å². The Balaban J connectivity index is 1.44. The van der Waals surface area contributed by atoms with Gasteiger partial charge in [0.25, 0.3) is 0 Å². The van der Waals surface area contributed by atoms with Crippen LogP contribution < -0.4 is 10.2 Å². The minimum Gasteiger partial charge on any atom is -0.388 e. The fraction of sp³-hybridized carbons (Fsp3) is 0.429. The molecule has 1 heterocycles. The monoisotopic (exact) mass is 324 g/mol. The number of nitrogens with zero attached hydrogens (tertiary/aromatic N) is 1. The molecule has 0 bridgehead atoms. The van der Waals surface area contributed by atoms with Crippen molar-refractivity contribution in [3.8, 4) is 0 Å². The van der Waals surface area contributed by atoms with E-state index in [9.17, 15) is 5.11 Å². The van der Waals surface area contributed by atoms with Crippen molar-refractivity contribution in [2.24, 2.45) is 0 Å². The lowest BCUT2D eigenvalue weighted by atomic mass is 9.99. The maximum Gasteiger partial charge on any atom is 0.0804 e. The number of piperidine rings is 1. The van der Waals surface area contributed by atoms with E-state index in [1.165, 1.54) is 5.69 Å². The summed E-state index contributed by atoms with van der Waals surface area (Å²) < 4.78 is 0. The normalized spacial score (nSPS) is 18.3. The molecular formula is C21H28N2O. The molecule has 0 radical (unpaired) electrons. The van der Waals surface area contributed by atoms with Crippen molar-refractivity contribution in [2.45, 2.75) is 44.4 Å². The van der Waals surface area contributed by atoms with Crippen LogP contribution in [0.5, 0.6) is 0 Å². The lowest BCUT2D eigenvalue weighted by molar-refractivity contribution is 0.150. The van der Waals surface area contributed by atoms with Crippen LogP contribution in [-0.2, 0) is 0 Å². The van der Waals surface area contributed by atoms with Crippen LogP contribution in [0.15, 0.2) is 60.7 Å². The van der Waals surface area contributed by atoms with E-state index in [-0.39, 0.29) is 0 Å². The molecule has 2 atom stereocenters. The van der Waals surface area contributed by atoms with E-state index in [0.29, 0.717) is 12.1 Å². The molecule has 1 saturated heterocycles. The highest BCUT2D eigenvalue weighted by Gasteiger charge is 2.21. The predicted octanol–water partition coefficient (Wildman–Crippen LogP) is 3.76. The first-order valence-corrected chi connectivity index (χ1v) is 9.01. The average Bonchev–Trinajstić information content (AvgIpc) is 2.64. The van der Waals surface area contributed by atoms with Gasteiger partial charge in [-0.3, -0.25) is 0 Å². The van der Waals surface area contributed by atoms with E-state index >= 15 is 0 Å². The molecule has 2 aromatic rings. The number of aliphatic hydroxyl groups is 1. The Morgan fingerprint density at radius 2 is 1.58 bits per heavy atom. The first-order chi connectivity index (χ1) is 11.7. The molecule has 0 spiro atoms. The third kappa shape index (κ3) is 4.59. The van der Waals surface area contributed by atoms with Crippen molar-refractivity contribution in [3.63, 3.8) is 0 Å². The standard InChI is InChI=1S/C21H28N2O/c1-17(16-21(24)18-8-4-2-5-9-18)22-19-12-14-23(15-13-19)20-10-6-3-7-11-20/h2-11,17,19,21-22,24H,12-16H2,1H3. The van der Waals surface area contributed by atoms with Gasteiger partial charge >= 0.3 is 0 Å². The van der Waals surface area contributed by atoms with E-state index in [2.05, 4.69) is 47.5 Å². The maximum absolute atomic E-state index is 10.4. The molecule has 3 rings (SSSR count). The van der Waals surface area contributed by atoms with E-state index in [4.69, 9.17) is 0 Å². The number of hydrogen-bond donors (Lipinski definition) is 2. The largest absolute Gasteiger partial charge is 0.388 e. The molecule has 1 aliphatic rings. The summed E-state index contributed by atoms with van der Waals surface area (Å²) in [6.07, 6.45) is 2.67. The van der Waals surface area contributed by atoms with Gasteiger partial charge in [0.15, 0.2) is 0 Å². The van der Waals surface area contributed by atoms with E-state index in [0.717, 1.165) is 37.9 Å². The van der Waals surface area contributed by atoms with Gasteiger partial charge in [0.1, 0.15) is 0 Å². The number of anilines is 1. The van der Waals surface area contributed by atoms with Crippen molar-refractivity contribution in [2.75, 3.05) is 18.0 Å². The van der Waals surface area contributed by atoms with Gasteiger partial charge in [-0.15, -0.1) is 0 Å². The van der Waals surface area contributed by atoms with Gasteiger partial charge in [-0.2, -0.15) is 0 Å². The summed E-state index contributed by atoms with van der Waals surface area (Å²) in [6.45, 7) is 4.36. The van der Waals surface area contributed by atoms with Gasteiger partial charge in [-0.1, -0.05) is 48.5 Å². The van der Waals surface area contributed by atoms with Gasteiger partial charge in [0.05, 0.1) is 6.10 Å². The fourth-order valence-corrected chi connectivity index (χ4v) is 3.56. The minimum absolute atomic E-state index is 0.313. The minimum atomic E-state index is -0.391. The molecule has 128 valence electrons. The Kier molecular flexibility index (Phi) is 5.89. The second-order valence-electron chi connectivity index (χ2n) is 6.83. The number of nitrogens with one attached hydrogen (secondary N) is 1. The third-order valence-electron chi connectivity index (χ3n) is 4.90. The average molecular weight is 324 g/mol. The van der Waals surface area contributed by atoms with E-state index in [1.54, 1.807) is 0 Å². The van der Waals surface area contributed by atoms with Crippen LogP contribution in [0.25, 0.3) is 0 Å². The topological polar surface area (TPSA) is 35.5 Å². The number of aliphatic hydroxyl groups excluding tert-OH is 1. The highest BCUT2D eigenvalue weighted by Crippen LogP contribution is 2.21. The molecule has 1 fully saturated rings. The summed E-state index contributed by atoms with van der Waals surface area (Å²) in [6, 6.07) is 21.4. The van der Waals surface area contributed by atoms with Crippen LogP contribution in [0, 0.1) is 0 Å². The van der Waals surface area contributed by atoms with Crippen LogP contribution >= 0.6 is 0 Å². The second kappa shape index (κ2) is 8.32. The first-order valence-electron chi connectivity index (χ1n) is 9.01. The number of benzene rings is 2. The zero-order valence-electron chi connectivity index (χ0n) is 14.4. The van der Waals surface area contributed by atoms with Gasteiger partial charge in [-0.25, -0.2) is 0 Å². The molecular weight excluding hydrogens is 296 g/mol. The smallest absolute Gasteiger partial charge is 0.0804 e. The Labute approximate surface area is 145 Å². The van der Waals surface area contributed by atoms with Gasteiger partial charge in [-0.05, 0) is 43.9 Å². The molecule has 0 saturated carbocycles. The molecule has 2 aromatic carbocycles. The van der Waals surface area contributed by atoms with Gasteiger partial charge in [0.2, 0.25) is 0 Å². The Morgan fingerprint density at radius 1 is 1.00 bits per heavy atom. The number of rotatable bonds is 6. The Hall–Kier alpha value is -1.84. The van der Waals surface area contributed by atoms with Crippen molar-refractivity contribution in [3.05, 3.63) is 66.2 Å². The molecule has 0 aromatic heterocycles. The quantitative estimate of drug-likeness (QED) is 0.849. The van der Waals surface area contributed by atoms with Crippen LogP contribution in [0.4, 0.5) is 5.69 Å². The van der Waals surface area contributed by atoms with Gasteiger partial charge in [0, 0.05) is 30.9 Å². The maximum atomic E-state index is 10.4. The molecule has 24 heavy (non-hydrogen) atoms. The molecule has 0 aliphatic carbocycles. The first kappa shape index (κ1) is 17.0. The summed E-state index contributed by atoms with van der Waals surface area (Å²) in [5.41, 5.74) is 2.33. The number of para-hydroxylation sites is 1. The number of hydrogen-bond acceptors (Lipinski definition) is 3. The van der Waals surface area contributed by atoms with Crippen LogP contribution in [-0.4, -0.2) is 30.3 Å². The molecule has 1 aliphatic heterocycles. The zero-order chi connectivity index (χ0) is 16.8. The summed E-state index contributed by atoms with van der Waals surface area (Å²) in [5, 5.41) is 14.1. The van der Waals surface area contributed by atoms with Crippen LogP contribution in [0.2, 0.25) is 0 Å². The Morgan fingerprint density at radius 3 is 2.21 bits per heavy atom. The SMILES string of the molecule is CC(CC(O)c1ccccc1)NC1CCN(c2ccccc2)CC1. The summed E-state index contributed by atoms with van der Waals surface area (Å²) >= 11 is 0. The van der Waals surface area contributed by atoms with Crippen molar-refractivity contribution in [1.29, 1.82) is 0 Å². The van der Waals surface area contributed by atoms with E-state index < -0.39 is 6.10 Å². The highest BCUT2D eigenvalue weighted by atomic mass is 16.3. The molecule has 0 amide bonds. The summed E-state index contributed by atoms with van der Waals surface area (Å²) in [5.74, 6) is 0.